The molecule has 0 spiro atoms. The van der Waals surface area contributed by atoms with Gasteiger partial charge in [0.1, 0.15) is 23.6 Å². The van der Waals surface area contributed by atoms with Gasteiger partial charge < -0.3 is 15.2 Å². The third-order valence-corrected chi connectivity index (χ3v) is 3.73. The van der Waals surface area contributed by atoms with E-state index in [0.717, 1.165) is 16.8 Å². The smallest absolute Gasteiger partial charge is 0.254 e. The number of hydrogen-bond acceptors (Lipinski definition) is 4. The van der Waals surface area contributed by atoms with E-state index < -0.39 is 6.10 Å². The number of nitrogens with one attached hydrogen (secondary N) is 1. The van der Waals surface area contributed by atoms with Crippen LogP contribution in [0.5, 0.6) is 5.75 Å². The Morgan fingerprint density at radius 2 is 2.08 bits per heavy atom. The number of halogens is 1. The first-order valence-corrected chi connectivity index (χ1v) is 8.04. The normalized spacial score (nSPS) is 11.9. The molecule has 5 nitrogen and oxygen atoms in total. The first-order chi connectivity index (χ1) is 11.4. The van der Waals surface area contributed by atoms with E-state index in [2.05, 4.69) is 10.3 Å². The molecule has 0 bridgehead atoms. The number of carbonyl (C=O) groups excluding carboxylic acids is 1. The summed E-state index contributed by atoms with van der Waals surface area (Å²) in [5.74, 6) is 0.321. The highest BCUT2D eigenvalue weighted by Crippen LogP contribution is 2.18. The van der Waals surface area contributed by atoms with Gasteiger partial charge in [-0.2, -0.15) is 0 Å². The molecule has 1 atom stereocenters. The molecule has 0 saturated carbocycles. The zero-order chi connectivity index (χ0) is 17.7. The summed E-state index contributed by atoms with van der Waals surface area (Å²) >= 11 is 6.04. The second-order valence-corrected chi connectivity index (χ2v) is 6.10. The summed E-state index contributed by atoms with van der Waals surface area (Å²) < 4.78 is 5.51. The van der Waals surface area contributed by atoms with Crippen LogP contribution in [0.4, 0.5) is 0 Å². The number of amides is 1. The summed E-state index contributed by atoms with van der Waals surface area (Å²) in [7, 11) is 0. The van der Waals surface area contributed by atoms with Crippen molar-refractivity contribution in [1.82, 2.24) is 10.3 Å². The van der Waals surface area contributed by atoms with Crippen molar-refractivity contribution < 1.29 is 14.6 Å². The molecule has 0 fully saturated rings. The van der Waals surface area contributed by atoms with Crippen LogP contribution in [0.25, 0.3) is 0 Å². The number of aromatic nitrogens is 1. The Morgan fingerprint density at radius 3 is 2.75 bits per heavy atom. The maximum Gasteiger partial charge on any atom is 0.254 e. The van der Waals surface area contributed by atoms with Crippen molar-refractivity contribution in [3.05, 3.63) is 57.9 Å². The van der Waals surface area contributed by atoms with Gasteiger partial charge in [0.2, 0.25) is 0 Å². The summed E-state index contributed by atoms with van der Waals surface area (Å²) in [5, 5.41) is 12.8. The Labute approximate surface area is 146 Å². The first-order valence-electron chi connectivity index (χ1n) is 7.66. The number of aliphatic hydroxyl groups excluding tert-OH is 1. The van der Waals surface area contributed by atoms with Gasteiger partial charge in [0.25, 0.3) is 5.91 Å². The third-order valence-electron chi connectivity index (χ3n) is 3.46. The van der Waals surface area contributed by atoms with Crippen molar-refractivity contribution in [1.29, 1.82) is 0 Å². The van der Waals surface area contributed by atoms with E-state index in [1.54, 1.807) is 13.0 Å². The summed E-state index contributed by atoms with van der Waals surface area (Å²) in [6, 6.07) is 9.34. The number of carbonyl (C=O) groups is 1. The molecule has 0 radical (unpaired) electrons. The van der Waals surface area contributed by atoms with Crippen LogP contribution in [0.15, 0.2) is 30.3 Å². The van der Waals surface area contributed by atoms with Crippen LogP contribution in [0.1, 0.15) is 27.2 Å². The number of hydrogen-bond donors (Lipinski definition) is 2. The second-order valence-electron chi connectivity index (χ2n) is 5.74. The number of ether oxygens (including phenoxy) is 1. The van der Waals surface area contributed by atoms with Gasteiger partial charge >= 0.3 is 0 Å². The fourth-order valence-corrected chi connectivity index (χ4v) is 2.69. The molecule has 1 aromatic carbocycles. The van der Waals surface area contributed by atoms with E-state index in [1.807, 2.05) is 38.1 Å². The molecule has 1 aromatic heterocycles. The number of benzene rings is 1. The highest BCUT2D eigenvalue weighted by Gasteiger charge is 2.16. The fourth-order valence-electron chi connectivity index (χ4n) is 2.32. The molecule has 0 aliphatic rings. The number of aryl methyl sites for hydroxylation is 3. The van der Waals surface area contributed by atoms with E-state index in [0.29, 0.717) is 11.3 Å². The largest absolute Gasteiger partial charge is 0.491 e. The molecule has 24 heavy (non-hydrogen) atoms. The van der Waals surface area contributed by atoms with E-state index in [9.17, 15) is 9.90 Å². The van der Waals surface area contributed by atoms with E-state index in [-0.39, 0.29) is 24.2 Å². The number of nitrogens with zero attached hydrogens (tertiary/aromatic N) is 1. The zero-order valence-electron chi connectivity index (χ0n) is 14.0. The lowest BCUT2D eigenvalue weighted by molar-refractivity contribution is 0.0843. The van der Waals surface area contributed by atoms with Gasteiger partial charge in [-0.25, -0.2) is 4.98 Å². The molecule has 1 unspecified atom stereocenters. The van der Waals surface area contributed by atoms with Crippen molar-refractivity contribution >= 4 is 17.5 Å². The Kier molecular flexibility index (Phi) is 6.17. The van der Waals surface area contributed by atoms with Gasteiger partial charge in [-0.1, -0.05) is 23.7 Å². The summed E-state index contributed by atoms with van der Waals surface area (Å²) in [6.45, 7) is 5.72. The fraction of sp³-hybridized carbons (Fsp3) is 0.333. The molecule has 1 amide bonds. The second kappa shape index (κ2) is 8.13. The molecule has 2 rings (SSSR count). The Bertz CT molecular complexity index is 711. The molecule has 1 heterocycles. The predicted molar refractivity (Wildman–Crippen MR) is 93.7 cm³/mol. The van der Waals surface area contributed by atoms with Crippen LogP contribution in [0.3, 0.4) is 0 Å². The van der Waals surface area contributed by atoms with Gasteiger partial charge in [-0.15, -0.1) is 0 Å². The maximum atomic E-state index is 12.2. The summed E-state index contributed by atoms with van der Waals surface area (Å²) in [5.41, 5.74) is 2.90. The number of rotatable bonds is 6. The number of pyridine rings is 1. The van der Waals surface area contributed by atoms with E-state index in [4.69, 9.17) is 16.3 Å². The minimum Gasteiger partial charge on any atom is -0.491 e. The van der Waals surface area contributed by atoms with Crippen LogP contribution < -0.4 is 10.1 Å². The molecular formula is C18H21ClN2O3. The third kappa shape index (κ3) is 4.94. The lowest BCUT2D eigenvalue weighted by Crippen LogP contribution is -2.35. The van der Waals surface area contributed by atoms with Crippen LogP contribution in [-0.2, 0) is 0 Å². The van der Waals surface area contributed by atoms with Crippen molar-refractivity contribution in [2.75, 3.05) is 13.2 Å². The minimum atomic E-state index is -0.827. The average molecular weight is 349 g/mol. The van der Waals surface area contributed by atoms with Crippen LogP contribution in [-0.4, -0.2) is 35.3 Å². The van der Waals surface area contributed by atoms with Crippen molar-refractivity contribution in [2.24, 2.45) is 0 Å². The average Bonchev–Trinajstić information content (AvgIpc) is 2.50. The highest BCUT2D eigenvalue weighted by atomic mass is 35.5. The Hall–Kier alpha value is -2.11. The summed E-state index contributed by atoms with van der Waals surface area (Å²) in [6.07, 6.45) is -0.827. The van der Waals surface area contributed by atoms with Gasteiger partial charge in [0.05, 0.1) is 5.56 Å². The van der Waals surface area contributed by atoms with Gasteiger partial charge in [-0.05, 0) is 50.1 Å². The molecule has 128 valence electrons. The highest BCUT2D eigenvalue weighted by molar-refractivity contribution is 6.32. The Balaban J connectivity index is 1.87. The topological polar surface area (TPSA) is 71.5 Å². The standard InChI is InChI=1S/C18H21ClN2O3/c1-11-5-4-6-15(7-11)24-10-14(22)9-20-18(23)16-12(2)8-13(3)21-17(16)19/h4-8,14,22H,9-10H2,1-3H3,(H,20,23). The quantitative estimate of drug-likeness (QED) is 0.787. The van der Waals surface area contributed by atoms with Crippen molar-refractivity contribution in [3.8, 4) is 5.75 Å². The molecule has 2 N–H and O–H groups in total. The lowest BCUT2D eigenvalue weighted by atomic mass is 10.1. The predicted octanol–water partition coefficient (Wildman–Crippen LogP) is 2.83. The Morgan fingerprint density at radius 1 is 1.33 bits per heavy atom. The van der Waals surface area contributed by atoms with Crippen LogP contribution >= 0.6 is 11.6 Å². The van der Waals surface area contributed by atoms with Crippen molar-refractivity contribution in [3.63, 3.8) is 0 Å². The summed E-state index contributed by atoms with van der Waals surface area (Å²) in [4.78, 5) is 16.3. The lowest BCUT2D eigenvalue weighted by Gasteiger charge is -2.15. The molecule has 0 aliphatic carbocycles. The maximum absolute atomic E-state index is 12.2. The molecule has 0 aliphatic heterocycles. The van der Waals surface area contributed by atoms with E-state index in [1.165, 1.54) is 0 Å². The van der Waals surface area contributed by atoms with Crippen molar-refractivity contribution in [2.45, 2.75) is 26.9 Å². The van der Waals surface area contributed by atoms with E-state index >= 15 is 0 Å². The SMILES string of the molecule is Cc1cccc(OCC(O)CNC(=O)c2c(C)cc(C)nc2Cl)c1. The minimum absolute atomic E-state index is 0.0638. The van der Waals surface area contributed by atoms with Crippen LogP contribution in [0.2, 0.25) is 5.15 Å². The van der Waals surface area contributed by atoms with Gasteiger partial charge in [0, 0.05) is 12.2 Å². The van der Waals surface area contributed by atoms with Gasteiger partial charge in [-0.3, -0.25) is 4.79 Å². The van der Waals surface area contributed by atoms with Gasteiger partial charge in [0.15, 0.2) is 0 Å². The molecule has 0 saturated heterocycles. The molecular weight excluding hydrogens is 328 g/mol. The first kappa shape index (κ1) is 18.2. The van der Waals surface area contributed by atoms with Crippen LogP contribution in [0, 0.1) is 20.8 Å². The molecule has 6 heteroatoms. The number of aliphatic hydroxyl groups is 1. The monoisotopic (exact) mass is 348 g/mol. The molecule has 2 aromatic rings. The zero-order valence-corrected chi connectivity index (χ0v) is 14.7.